The number of hydrogen-bond acceptors (Lipinski definition) is 6. The van der Waals surface area contributed by atoms with Crippen LogP contribution in [0.25, 0.3) is 0 Å². The molecule has 1 aliphatic heterocycles. The predicted molar refractivity (Wildman–Crippen MR) is 84.4 cm³/mol. The fraction of sp³-hybridized carbons (Fsp3) is 0.462. The third-order valence-electron chi connectivity index (χ3n) is 3.41. The van der Waals surface area contributed by atoms with Crippen molar-refractivity contribution in [3.8, 4) is 17.2 Å². The minimum atomic E-state index is -0.454. The molecule has 20 heavy (non-hydrogen) atoms. The van der Waals surface area contributed by atoms with Gasteiger partial charge in [0.2, 0.25) is 5.75 Å². The molecule has 1 fully saturated rings. The van der Waals surface area contributed by atoms with Gasteiger partial charge in [0.25, 0.3) is 0 Å². The fourth-order valence-electron chi connectivity index (χ4n) is 2.20. The van der Waals surface area contributed by atoms with E-state index in [1.165, 1.54) is 6.07 Å². The highest BCUT2D eigenvalue weighted by Gasteiger charge is 2.20. The highest BCUT2D eigenvalue weighted by molar-refractivity contribution is 8.22. The highest BCUT2D eigenvalue weighted by atomic mass is 32.2. The Morgan fingerprint density at radius 1 is 1.15 bits per heavy atom. The largest absolute Gasteiger partial charge is 0.504 e. The Bertz CT molecular complexity index is 503. The second-order valence-corrected chi connectivity index (χ2v) is 6.11. The summed E-state index contributed by atoms with van der Waals surface area (Å²) in [7, 11) is 0. The van der Waals surface area contributed by atoms with Crippen LogP contribution in [0.4, 0.5) is 0 Å². The molecule has 0 unspecified atom stereocenters. The normalized spacial score (nSPS) is 16.4. The Hall–Kier alpha value is -1.18. The van der Waals surface area contributed by atoms with Gasteiger partial charge >= 0.3 is 0 Å². The average Bonchev–Trinajstić information content (AvgIpc) is 2.48. The molecule has 1 aromatic carbocycles. The summed E-state index contributed by atoms with van der Waals surface area (Å²) in [6.45, 7) is 3.97. The minimum absolute atomic E-state index is 0.243. The Kier molecular flexibility index (Phi) is 4.95. The van der Waals surface area contributed by atoms with Crippen LogP contribution in [0, 0.1) is 0 Å². The molecule has 0 aromatic heterocycles. The number of aromatic hydroxyl groups is 3. The van der Waals surface area contributed by atoms with Gasteiger partial charge in [0.1, 0.15) is 4.32 Å². The first-order valence-corrected chi connectivity index (χ1v) is 7.94. The number of piperazine rings is 1. The highest BCUT2D eigenvalue weighted by Crippen LogP contribution is 2.37. The van der Waals surface area contributed by atoms with E-state index in [9.17, 15) is 15.3 Å². The molecule has 0 aliphatic carbocycles. The molecule has 3 N–H and O–H groups in total. The standard InChI is InChI=1S/C13H18N2O3S2/c1-20-13(19)15-6-4-14(5-7-15)8-9-2-3-10(16)12(18)11(9)17/h2-3,16-18H,4-8H2,1H3. The maximum absolute atomic E-state index is 9.82. The van der Waals surface area contributed by atoms with E-state index in [0.29, 0.717) is 12.1 Å². The van der Waals surface area contributed by atoms with Crippen molar-refractivity contribution in [3.05, 3.63) is 17.7 Å². The SMILES string of the molecule is CSC(=S)N1CCN(Cc2ccc(O)c(O)c2O)CC1. The van der Waals surface area contributed by atoms with E-state index >= 15 is 0 Å². The summed E-state index contributed by atoms with van der Waals surface area (Å²) in [5.41, 5.74) is 0.612. The van der Waals surface area contributed by atoms with E-state index in [4.69, 9.17) is 12.2 Å². The maximum atomic E-state index is 9.82. The van der Waals surface area contributed by atoms with E-state index in [0.717, 1.165) is 30.5 Å². The summed E-state index contributed by atoms with van der Waals surface area (Å²) in [5, 5.41) is 28.6. The lowest BCUT2D eigenvalue weighted by molar-refractivity contribution is 0.177. The summed E-state index contributed by atoms with van der Waals surface area (Å²) in [6.07, 6.45) is 1.98. The number of phenolic OH excluding ortho intramolecular Hbond substituents is 3. The first-order chi connectivity index (χ1) is 9.52. The minimum Gasteiger partial charge on any atom is -0.504 e. The Labute approximate surface area is 127 Å². The molecule has 0 atom stereocenters. The van der Waals surface area contributed by atoms with Gasteiger partial charge in [0, 0.05) is 38.3 Å². The quantitative estimate of drug-likeness (QED) is 0.565. The van der Waals surface area contributed by atoms with Crippen LogP contribution in [0.15, 0.2) is 12.1 Å². The third-order valence-corrected chi connectivity index (χ3v) is 4.78. The Morgan fingerprint density at radius 3 is 2.40 bits per heavy atom. The van der Waals surface area contributed by atoms with Crippen LogP contribution in [0.3, 0.4) is 0 Å². The fourth-order valence-corrected chi connectivity index (χ4v) is 2.82. The smallest absolute Gasteiger partial charge is 0.200 e. The van der Waals surface area contributed by atoms with Crippen LogP contribution < -0.4 is 0 Å². The number of benzene rings is 1. The summed E-state index contributed by atoms with van der Waals surface area (Å²) in [5.74, 6) is -1.00. The molecule has 1 heterocycles. The van der Waals surface area contributed by atoms with Gasteiger partial charge in [-0.3, -0.25) is 4.90 Å². The number of nitrogens with zero attached hydrogens (tertiary/aromatic N) is 2. The van der Waals surface area contributed by atoms with Crippen LogP contribution >= 0.6 is 24.0 Å². The zero-order valence-electron chi connectivity index (χ0n) is 11.2. The zero-order chi connectivity index (χ0) is 14.7. The molecule has 0 amide bonds. The molecule has 5 nitrogen and oxygen atoms in total. The second-order valence-electron chi connectivity index (χ2n) is 4.67. The number of rotatable bonds is 2. The van der Waals surface area contributed by atoms with Crippen LogP contribution in [0.5, 0.6) is 17.2 Å². The van der Waals surface area contributed by atoms with Crippen molar-refractivity contribution in [3.63, 3.8) is 0 Å². The van der Waals surface area contributed by atoms with Crippen molar-refractivity contribution < 1.29 is 15.3 Å². The van der Waals surface area contributed by atoms with Crippen LogP contribution in [-0.4, -0.2) is 61.9 Å². The monoisotopic (exact) mass is 314 g/mol. The molecular formula is C13H18N2O3S2. The first-order valence-electron chi connectivity index (χ1n) is 6.31. The van der Waals surface area contributed by atoms with Crippen molar-refractivity contribution >= 4 is 28.3 Å². The Balaban J connectivity index is 1.96. The maximum Gasteiger partial charge on any atom is 0.200 e. The van der Waals surface area contributed by atoms with Gasteiger partial charge in [-0.05, 0) is 12.3 Å². The summed E-state index contributed by atoms with van der Waals surface area (Å²) < 4.78 is 0.912. The summed E-state index contributed by atoms with van der Waals surface area (Å²) in [4.78, 5) is 4.36. The molecule has 2 rings (SSSR count). The molecule has 1 aliphatic rings. The van der Waals surface area contributed by atoms with Gasteiger partial charge < -0.3 is 20.2 Å². The predicted octanol–water partition coefficient (Wildman–Crippen LogP) is 1.57. The zero-order valence-corrected chi connectivity index (χ0v) is 12.9. The van der Waals surface area contributed by atoms with Crippen LogP contribution in [0.1, 0.15) is 5.56 Å². The molecular weight excluding hydrogens is 296 g/mol. The lowest BCUT2D eigenvalue weighted by Crippen LogP contribution is -2.47. The number of thiocarbonyl (C=S) groups is 1. The average molecular weight is 314 g/mol. The molecule has 7 heteroatoms. The molecule has 0 saturated carbocycles. The molecule has 0 bridgehead atoms. The first kappa shape index (κ1) is 15.2. The number of thioether (sulfide) groups is 1. The van der Waals surface area contributed by atoms with Crippen molar-refractivity contribution in [2.45, 2.75) is 6.54 Å². The van der Waals surface area contributed by atoms with Crippen LogP contribution in [-0.2, 0) is 6.54 Å². The molecule has 0 spiro atoms. The number of hydrogen-bond donors (Lipinski definition) is 3. The molecule has 1 aromatic rings. The lowest BCUT2D eigenvalue weighted by atomic mass is 10.1. The number of phenols is 3. The van der Waals surface area contributed by atoms with Crippen molar-refractivity contribution in [2.24, 2.45) is 0 Å². The van der Waals surface area contributed by atoms with Crippen molar-refractivity contribution in [2.75, 3.05) is 32.4 Å². The van der Waals surface area contributed by atoms with Crippen molar-refractivity contribution in [1.29, 1.82) is 0 Å². The van der Waals surface area contributed by atoms with Gasteiger partial charge in [0.15, 0.2) is 11.5 Å². The topological polar surface area (TPSA) is 67.2 Å². The van der Waals surface area contributed by atoms with E-state index in [-0.39, 0.29) is 11.5 Å². The van der Waals surface area contributed by atoms with Gasteiger partial charge in [-0.1, -0.05) is 18.3 Å². The van der Waals surface area contributed by atoms with Gasteiger partial charge in [0.05, 0.1) is 0 Å². The van der Waals surface area contributed by atoms with E-state index < -0.39 is 5.75 Å². The summed E-state index contributed by atoms with van der Waals surface area (Å²) in [6, 6.07) is 3.02. The molecule has 1 saturated heterocycles. The van der Waals surface area contributed by atoms with Crippen LogP contribution in [0.2, 0.25) is 0 Å². The van der Waals surface area contributed by atoms with E-state index in [1.807, 2.05) is 6.26 Å². The molecule has 110 valence electrons. The van der Waals surface area contributed by atoms with Gasteiger partial charge in [-0.2, -0.15) is 0 Å². The molecule has 0 radical (unpaired) electrons. The van der Waals surface area contributed by atoms with E-state index in [2.05, 4.69) is 9.80 Å². The lowest BCUT2D eigenvalue weighted by Gasteiger charge is -2.35. The van der Waals surface area contributed by atoms with E-state index in [1.54, 1.807) is 17.8 Å². The van der Waals surface area contributed by atoms with Gasteiger partial charge in [-0.25, -0.2) is 0 Å². The third kappa shape index (κ3) is 3.28. The van der Waals surface area contributed by atoms with Crippen molar-refractivity contribution in [1.82, 2.24) is 9.80 Å². The van der Waals surface area contributed by atoms with Gasteiger partial charge in [-0.15, -0.1) is 11.8 Å². The summed E-state index contributed by atoms with van der Waals surface area (Å²) >= 11 is 6.85. The Morgan fingerprint density at radius 2 is 1.80 bits per heavy atom. The second kappa shape index (κ2) is 6.51.